The van der Waals surface area contributed by atoms with Gasteiger partial charge < -0.3 is 5.32 Å². The van der Waals surface area contributed by atoms with Crippen LogP contribution in [0.15, 0.2) is 35.7 Å². The Morgan fingerprint density at radius 3 is 2.83 bits per heavy atom. The van der Waals surface area contributed by atoms with Gasteiger partial charge in [-0.1, -0.05) is 12.1 Å². The predicted octanol–water partition coefficient (Wildman–Crippen LogP) is 3.06. The average molecular weight is 344 g/mol. The molecule has 0 bridgehead atoms. The van der Waals surface area contributed by atoms with Gasteiger partial charge in [0.15, 0.2) is 5.69 Å². The third-order valence-corrected chi connectivity index (χ3v) is 4.36. The molecule has 0 aliphatic heterocycles. The molecule has 0 unspecified atom stereocenters. The monoisotopic (exact) mass is 344 g/mol. The fourth-order valence-corrected chi connectivity index (χ4v) is 3.02. The number of hydrogen-bond acceptors (Lipinski definition) is 4. The van der Waals surface area contributed by atoms with Gasteiger partial charge in [-0.3, -0.25) is 4.79 Å². The van der Waals surface area contributed by atoms with Gasteiger partial charge in [0.1, 0.15) is 11.5 Å². The number of benzene rings is 1. The number of hydrogen-bond donors (Lipinski definition) is 1. The molecule has 124 valence electrons. The first-order chi connectivity index (χ1) is 11.5. The number of halogens is 1. The van der Waals surface area contributed by atoms with Crippen molar-refractivity contribution in [3.05, 3.63) is 63.6 Å². The second-order valence-electron chi connectivity index (χ2n) is 5.40. The van der Waals surface area contributed by atoms with Crippen molar-refractivity contribution in [2.45, 2.75) is 20.3 Å². The van der Waals surface area contributed by atoms with Gasteiger partial charge in [0.05, 0.1) is 10.7 Å². The number of nitrogens with one attached hydrogen (secondary N) is 1. The molecule has 3 rings (SSSR count). The highest BCUT2D eigenvalue weighted by molar-refractivity contribution is 7.09. The van der Waals surface area contributed by atoms with E-state index in [0.717, 1.165) is 10.7 Å². The Balaban J connectivity index is 1.68. The second kappa shape index (κ2) is 6.92. The summed E-state index contributed by atoms with van der Waals surface area (Å²) in [5.41, 5.74) is 2.25. The van der Waals surface area contributed by atoms with Crippen LogP contribution in [0.2, 0.25) is 0 Å². The van der Waals surface area contributed by atoms with Crippen LogP contribution < -0.4 is 5.32 Å². The van der Waals surface area contributed by atoms with Gasteiger partial charge >= 0.3 is 0 Å². The number of amides is 1. The topological polar surface area (TPSA) is 59.8 Å². The molecule has 0 aliphatic rings. The Morgan fingerprint density at radius 2 is 2.12 bits per heavy atom. The summed E-state index contributed by atoms with van der Waals surface area (Å²) < 4.78 is 15.3. The van der Waals surface area contributed by atoms with E-state index < -0.39 is 0 Å². The smallest absolute Gasteiger partial charge is 0.271 e. The van der Waals surface area contributed by atoms with Gasteiger partial charge in [0.25, 0.3) is 5.91 Å². The third-order valence-electron chi connectivity index (χ3n) is 3.53. The van der Waals surface area contributed by atoms with Gasteiger partial charge in [-0.25, -0.2) is 14.1 Å². The lowest BCUT2D eigenvalue weighted by Crippen LogP contribution is -2.26. The summed E-state index contributed by atoms with van der Waals surface area (Å²) >= 11 is 1.59. The highest BCUT2D eigenvalue weighted by Crippen LogP contribution is 2.15. The zero-order chi connectivity index (χ0) is 17.1. The standard InChI is InChI=1S/C17H17FN4OS/c1-11-9-15(21-22(11)16-6-4-3-5-14(16)18)17(23)19-8-7-13-10-24-12(2)20-13/h3-6,9-10H,7-8H2,1-2H3,(H,19,23). The summed E-state index contributed by atoms with van der Waals surface area (Å²) in [6.07, 6.45) is 0.670. The number of carbonyl (C=O) groups is 1. The second-order valence-corrected chi connectivity index (χ2v) is 6.46. The van der Waals surface area contributed by atoms with Crippen LogP contribution in [0.4, 0.5) is 4.39 Å². The quantitative estimate of drug-likeness (QED) is 0.774. The van der Waals surface area contributed by atoms with E-state index in [1.807, 2.05) is 12.3 Å². The van der Waals surface area contributed by atoms with Gasteiger partial charge in [-0.15, -0.1) is 11.3 Å². The van der Waals surface area contributed by atoms with Crippen LogP contribution in [0, 0.1) is 19.7 Å². The van der Waals surface area contributed by atoms with Crippen LogP contribution in [0.1, 0.15) is 26.9 Å². The number of nitrogens with zero attached hydrogens (tertiary/aromatic N) is 3. The Bertz CT molecular complexity index is 871. The average Bonchev–Trinajstić information content (AvgIpc) is 3.14. The molecule has 2 heterocycles. The van der Waals surface area contributed by atoms with Crippen molar-refractivity contribution in [1.29, 1.82) is 0 Å². The Morgan fingerprint density at radius 1 is 1.33 bits per heavy atom. The normalized spacial score (nSPS) is 10.8. The number of para-hydroxylation sites is 1. The lowest BCUT2D eigenvalue weighted by Gasteiger charge is -2.05. The molecule has 0 fully saturated rings. The summed E-state index contributed by atoms with van der Waals surface area (Å²) in [5, 5.41) is 10.0. The van der Waals surface area contributed by atoms with E-state index in [2.05, 4.69) is 15.4 Å². The van der Waals surface area contributed by atoms with Gasteiger partial charge in [-0.05, 0) is 32.0 Å². The van der Waals surface area contributed by atoms with Crippen molar-refractivity contribution in [1.82, 2.24) is 20.1 Å². The molecule has 0 spiro atoms. The highest BCUT2D eigenvalue weighted by Gasteiger charge is 2.14. The minimum Gasteiger partial charge on any atom is -0.350 e. The van der Waals surface area contributed by atoms with Crippen LogP contribution in [-0.2, 0) is 6.42 Å². The highest BCUT2D eigenvalue weighted by atomic mass is 32.1. The number of aromatic nitrogens is 3. The van der Waals surface area contributed by atoms with Crippen LogP contribution in [0.5, 0.6) is 0 Å². The lowest BCUT2D eigenvalue weighted by atomic mass is 10.3. The molecule has 0 saturated carbocycles. The van der Waals surface area contributed by atoms with Gasteiger partial charge in [0, 0.05) is 24.0 Å². The molecule has 2 aromatic heterocycles. The van der Waals surface area contributed by atoms with Crippen molar-refractivity contribution in [3.8, 4) is 5.69 Å². The number of rotatable bonds is 5. The van der Waals surface area contributed by atoms with Gasteiger partial charge in [-0.2, -0.15) is 5.10 Å². The predicted molar refractivity (Wildman–Crippen MR) is 91.1 cm³/mol. The van der Waals surface area contributed by atoms with E-state index >= 15 is 0 Å². The van der Waals surface area contributed by atoms with Crippen molar-refractivity contribution in [2.24, 2.45) is 0 Å². The van der Waals surface area contributed by atoms with Crippen LogP contribution >= 0.6 is 11.3 Å². The molecule has 24 heavy (non-hydrogen) atoms. The van der Waals surface area contributed by atoms with Crippen LogP contribution in [0.25, 0.3) is 5.69 Å². The maximum Gasteiger partial charge on any atom is 0.271 e. The molecular weight excluding hydrogens is 327 g/mol. The fourth-order valence-electron chi connectivity index (χ4n) is 2.37. The van der Waals surface area contributed by atoms with Crippen molar-refractivity contribution in [3.63, 3.8) is 0 Å². The number of carbonyl (C=O) groups excluding carboxylic acids is 1. The Kier molecular flexibility index (Phi) is 4.71. The Hall–Kier alpha value is -2.54. The molecule has 0 atom stereocenters. The molecule has 0 radical (unpaired) electrons. The van der Waals surface area contributed by atoms with Crippen LogP contribution in [0.3, 0.4) is 0 Å². The number of aryl methyl sites for hydroxylation is 2. The maximum absolute atomic E-state index is 13.9. The SMILES string of the molecule is Cc1nc(CCNC(=O)c2cc(C)n(-c3ccccc3F)n2)cs1. The third kappa shape index (κ3) is 3.51. The molecule has 0 aliphatic carbocycles. The lowest BCUT2D eigenvalue weighted by molar-refractivity contribution is 0.0948. The van der Waals surface area contributed by atoms with E-state index in [-0.39, 0.29) is 17.4 Å². The molecule has 1 aromatic carbocycles. The summed E-state index contributed by atoms with van der Waals surface area (Å²) in [6, 6.07) is 7.99. The largest absolute Gasteiger partial charge is 0.350 e. The maximum atomic E-state index is 13.9. The van der Waals surface area contributed by atoms with Gasteiger partial charge in [0.2, 0.25) is 0 Å². The van der Waals surface area contributed by atoms with E-state index in [1.165, 1.54) is 10.7 Å². The summed E-state index contributed by atoms with van der Waals surface area (Å²) in [5.74, 6) is -0.658. The summed E-state index contributed by atoms with van der Waals surface area (Å²) in [4.78, 5) is 16.6. The van der Waals surface area contributed by atoms with Crippen molar-refractivity contribution in [2.75, 3.05) is 6.54 Å². The van der Waals surface area contributed by atoms with Crippen molar-refractivity contribution >= 4 is 17.2 Å². The van der Waals surface area contributed by atoms with E-state index in [1.54, 1.807) is 42.5 Å². The van der Waals surface area contributed by atoms with E-state index in [9.17, 15) is 9.18 Å². The summed E-state index contributed by atoms with van der Waals surface area (Å²) in [7, 11) is 0. The molecule has 1 N–H and O–H groups in total. The zero-order valence-corrected chi connectivity index (χ0v) is 14.2. The first kappa shape index (κ1) is 16.3. The zero-order valence-electron chi connectivity index (χ0n) is 13.4. The molecule has 3 aromatic rings. The fraction of sp³-hybridized carbons (Fsp3) is 0.235. The molecular formula is C17H17FN4OS. The molecule has 5 nitrogen and oxygen atoms in total. The first-order valence-corrected chi connectivity index (χ1v) is 8.43. The number of thiazole rings is 1. The summed E-state index contributed by atoms with van der Waals surface area (Å²) in [6.45, 7) is 4.22. The van der Waals surface area contributed by atoms with E-state index in [0.29, 0.717) is 24.3 Å². The van der Waals surface area contributed by atoms with E-state index in [4.69, 9.17) is 0 Å². The first-order valence-electron chi connectivity index (χ1n) is 7.55. The minimum absolute atomic E-state index is 0.269. The Labute approximate surface area is 143 Å². The molecule has 0 saturated heterocycles. The van der Waals surface area contributed by atoms with Crippen molar-refractivity contribution < 1.29 is 9.18 Å². The van der Waals surface area contributed by atoms with Crippen LogP contribution in [-0.4, -0.2) is 27.2 Å². The minimum atomic E-state index is -0.380. The molecule has 7 heteroatoms. The molecule has 1 amide bonds.